The lowest BCUT2D eigenvalue weighted by Gasteiger charge is -2.42. The van der Waals surface area contributed by atoms with Crippen LogP contribution in [-0.2, 0) is 19.5 Å². The SMILES string of the molecule is CC1(C)COC2(C[C@H]3CC(Nc4c([N+](=O)[O-])cnc5c4ccn5S(=O)(=O)c4ccccc4)C[C@H]3C2)OC1. The summed E-state index contributed by atoms with van der Waals surface area (Å²) in [7, 11) is -3.91. The van der Waals surface area contributed by atoms with Gasteiger partial charge >= 0.3 is 5.69 Å². The molecule has 1 aromatic carbocycles. The number of aromatic nitrogens is 2. The number of anilines is 1. The largest absolute Gasteiger partial charge is 0.376 e. The Morgan fingerprint density at radius 3 is 2.35 bits per heavy atom. The molecular weight excluding hydrogens is 496 g/mol. The number of fused-ring (bicyclic) bond motifs is 2. The Bertz CT molecular complexity index is 1440. The van der Waals surface area contributed by atoms with E-state index in [-0.39, 0.29) is 27.7 Å². The Balaban J connectivity index is 1.26. The fraction of sp³-hybridized carbons (Fsp3) is 0.500. The van der Waals surface area contributed by atoms with E-state index in [2.05, 4.69) is 24.1 Å². The van der Waals surface area contributed by atoms with Gasteiger partial charge < -0.3 is 14.8 Å². The molecule has 11 heteroatoms. The van der Waals surface area contributed by atoms with Gasteiger partial charge in [-0.05, 0) is 42.9 Å². The first-order valence-electron chi connectivity index (χ1n) is 12.6. The third-order valence-electron chi connectivity index (χ3n) is 7.95. The first-order valence-corrected chi connectivity index (χ1v) is 14.0. The number of nitrogens with zero attached hydrogens (tertiary/aromatic N) is 3. The summed E-state index contributed by atoms with van der Waals surface area (Å²) < 4.78 is 40.0. The van der Waals surface area contributed by atoms with Crippen molar-refractivity contribution >= 4 is 32.4 Å². The average Bonchev–Trinajstić information content (AvgIpc) is 3.54. The average molecular weight is 527 g/mol. The molecule has 2 aromatic heterocycles. The van der Waals surface area contributed by atoms with Crippen LogP contribution in [0.3, 0.4) is 0 Å². The molecule has 1 spiro atoms. The zero-order chi connectivity index (χ0) is 26.0. The minimum Gasteiger partial charge on any atom is -0.376 e. The third-order valence-corrected chi connectivity index (χ3v) is 9.63. The minimum atomic E-state index is -3.91. The molecule has 0 bridgehead atoms. The van der Waals surface area contributed by atoms with E-state index >= 15 is 0 Å². The van der Waals surface area contributed by atoms with Crippen molar-refractivity contribution in [1.82, 2.24) is 8.96 Å². The van der Waals surface area contributed by atoms with Crippen LogP contribution >= 0.6 is 0 Å². The van der Waals surface area contributed by atoms with Gasteiger partial charge in [0.2, 0.25) is 0 Å². The van der Waals surface area contributed by atoms with Gasteiger partial charge in [-0.1, -0.05) is 32.0 Å². The fourth-order valence-electron chi connectivity index (χ4n) is 6.13. The Hall–Kier alpha value is -3.02. The second-order valence-corrected chi connectivity index (χ2v) is 13.2. The number of ether oxygens (including phenoxy) is 2. The Morgan fingerprint density at radius 2 is 1.73 bits per heavy atom. The summed E-state index contributed by atoms with van der Waals surface area (Å²) in [5.74, 6) is 0.297. The van der Waals surface area contributed by atoms with Crippen LogP contribution in [0.2, 0.25) is 0 Å². The summed E-state index contributed by atoms with van der Waals surface area (Å²) >= 11 is 0. The first kappa shape index (κ1) is 24.3. The number of rotatable bonds is 5. The summed E-state index contributed by atoms with van der Waals surface area (Å²) in [5.41, 5.74) is 0.310. The molecule has 3 atom stereocenters. The Kier molecular flexibility index (Phi) is 5.59. The minimum absolute atomic E-state index is 0.0170. The predicted octanol–water partition coefficient (Wildman–Crippen LogP) is 4.55. The highest BCUT2D eigenvalue weighted by Crippen LogP contribution is 2.53. The number of hydrogen-bond donors (Lipinski definition) is 1. The number of hydrogen-bond acceptors (Lipinski definition) is 8. The smallest absolute Gasteiger partial charge is 0.311 e. The van der Waals surface area contributed by atoms with Crippen molar-refractivity contribution < 1.29 is 22.8 Å². The maximum atomic E-state index is 13.2. The number of pyridine rings is 1. The molecule has 3 fully saturated rings. The van der Waals surface area contributed by atoms with Crippen LogP contribution in [0.5, 0.6) is 0 Å². The predicted molar refractivity (Wildman–Crippen MR) is 137 cm³/mol. The molecule has 0 radical (unpaired) electrons. The highest BCUT2D eigenvalue weighted by Gasteiger charge is 2.53. The van der Waals surface area contributed by atoms with Crippen LogP contribution in [-0.4, -0.2) is 47.3 Å². The van der Waals surface area contributed by atoms with Gasteiger partial charge in [-0.2, -0.15) is 0 Å². The van der Waals surface area contributed by atoms with E-state index in [1.807, 2.05) is 0 Å². The van der Waals surface area contributed by atoms with Crippen LogP contribution < -0.4 is 5.32 Å². The van der Waals surface area contributed by atoms with Crippen molar-refractivity contribution in [3.63, 3.8) is 0 Å². The van der Waals surface area contributed by atoms with Gasteiger partial charge in [-0.15, -0.1) is 0 Å². The lowest BCUT2D eigenvalue weighted by Crippen LogP contribution is -2.46. The summed E-state index contributed by atoms with van der Waals surface area (Å²) in [6.45, 7) is 5.63. The van der Waals surface area contributed by atoms with E-state index in [4.69, 9.17) is 9.47 Å². The zero-order valence-corrected chi connectivity index (χ0v) is 21.6. The van der Waals surface area contributed by atoms with Gasteiger partial charge in [0.1, 0.15) is 11.9 Å². The molecular formula is C26H30N4O6S. The number of nitrogens with one attached hydrogen (secondary N) is 1. The Morgan fingerprint density at radius 1 is 1.08 bits per heavy atom. The van der Waals surface area contributed by atoms with E-state index < -0.39 is 20.7 Å². The maximum absolute atomic E-state index is 13.2. The molecule has 37 heavy (non-hydrogen) atoms. The molecule has 10 nitrogen and oxygen atoms in total. The lowest BCUT2D eigenvalue weighted by molar-refractivity contribution is -0.384. The van der Waals surface area contributed by atoms with Crippen LogP contribution in [0.25, 0.3) is 11.0 Å². The van der Waals surface area contributed by atoms with E-state index in [9.17, 15) is 18.5 Å². The fourth-order valence-corrected chi connectivity index (χ4v) is 7.45. The molecule has 1 N–H and O–H groups in total. The molecule has 6 rings (SSSR count). The molecule has 2 saturated carbocycles. The van der Waals surface area contributed by atoms with Crippen LogP contribution in [0.15, 0.2) is 53.7 Å². The molecule has 3 heterocycles. The summed E-state index contributed by atoms with van der Waals surface area (Å²) in [6.07, 6.45) is 5.87. The van der Waals surface area contributed by atoms with Crippen LogP contribution in [0, 0.1) is 27.4 Å². The van der Waals surface area contributed by atoms with Gasteiger partial charge in [-0.25, -0.2) is 17.4 Å². The number of nitro groups is 1. The summed E-state index contributed by atoms with van der Waals surface area (Å²) in [4.78, 5) is 15.7. The van der Waals surface area contributed by atoms with Crippen molar-refractivity contribution in [2.24, 2.45) is 17.3 Å². The maximum Gasteiger partial charge on any atom is 0.311 e. The normalized spacial score (nSPS) is 26.4. The zero-order valence-electron chi connectivity index (χ0n) is 20.8. The molecule has 1 unspecified atom stereocenters. The first-order chi connectivity index (χ1) is 17.6. The molecule has 3 aliphatic rings. The molecule has 0 amide bonds. The van der Waals surface area contributed by atoms with Gasteiger partial charge in [0.15, 0.2) is 11.4 Å². The van der Waals surface area contributed by atoms with Crippen molar-refractivity contribution in [1.29, 1.82) is 0 Å². The highest BCUT2D eigenvalue weighted by atomic mass is 32.2. The van der Waals surface area contributed by atoms with E-state index in [0.717, 1.165) is 35.9 Å². The second-order valence-electron chi connectivity index (χ2n) is 11.3. The van der Waals surface area contributed by atoms with Gasteiger partial charge in [0.25, 0.3) is 10.0 Å². The molecule has 196 valence electrons. The van der Waals surface area contributed by atoms with Gasteiger partial charge in [0.05, 0.1) is 28.4 Å². The molecule has 3 aromatic rings. The standard InChI is InChI=1S/C26H30N4O6S/c1-25(2)15-35-26(36-16-25)12-17-10-19(11-18(17)13-26)28-23-21-8-9-29(24(21)27-14-22(23)30(31)32)37(33,34)20-6-4-3-5-7-20/h3-9,14,17-19H,10-13,15-16H2,1-2H3,(H,27,28)/t17-,18+,19?. The lowest BCUT2D eigenvalue weighted by atomic mass is 9.94. The van der Waals surface area contributed by atoms with Crippen molar-refractivity contribution in [3.8, 4) is 0 Å². The molecule has 1 aliphatic heterocycles. The Labute approximate surface area is 215 Å². The van der Waals surface area contributed by atoms with Gasteiger partial charge in [-0.3, -0.25) is 10.1 Å². The number of benzene rings is 1. The summed E-state index contributed by atoms with van der Waals surface area (Å²) in [5, 5.41) is 15.7. The molecule has 2 aliphatic carbocycles. The molecule has 1 saturated heterocycles. The second kappa shape index (κ2) is 8.50. The van der Waals surface area contributed by atoms with E-state index in [0.29, 0.717) is 36.1 Å². The topological polar surface area (TPSA) is 126 Å². The quantitative estimate of drug-likeness (QED) is 0.379. The van der Waals surface area contributed by atoms with Gasteiger partial charge in [0, 0.05) is 30.5 Å². The third kappa shape index (κ3) is 4.18. The van der Waals surface area contributed by atoms with Crippen molar-refractivity contribution in [2.75, 3.05) is 18.5 Å². The van der Waals surface area contributed by atoms with Crippen molar-refractivity contribution in [3.05, 3.63) is 58.9 Å². The van der Waals surface area contributed by atoms with E-state index in [1.54, 1.807) is 24.3 Å². The highest BCUT2D eigenvalue weighted by molar-refractivity contribution is 7.90. The van der Waals surface area contributed by atoms with E-state index in [1.165, 1.54) is 18.3 Å². The van der Waals surface area contributed by atoms with Crippen LogP contribution in [0.4, 0.5) is 11.4 Å². The summed E-state index contributed by atoms with van der Waals surface area (Å²) in [6, 6.07) is 9.65. The van der Waals surface area contributed by atoms with Crippen LogP contribution in [0.1, 0.15) is 39.5 Å². The monoisotopic (exact) mass is 526 g/mol. The van der Waals surface area contributed by atoms with Crippen molar-refractivity contribution in [2.45, 2.75) is 56.3 Å².